The van der Waals surface area contributed by atoms with E-state index in [1.54, 1.807) is 6.33 Å². The Hall–Kier alpha value is -0.900. The van der Waals surface area contributed by atoms with Gasteiger partial charge in [0, 0.05) is 19.5 Å². The molecule has 1 aromatic heterocycles. The van der Waals surface area contributed by atoms with Crippen LogP contribution in [0.1, 0.15) is 58.2 Å². The van der Waals surface area contributed by atoms with Crippen molar-refractivity contribution in [3.05, 3.63) is 12.2 Å². The zero-order chi connectivity index (χ0) is 14.4. The van der Waals surface area contributed by atoms with Crippen LogP contribution in [0.5, 0.6) is 0 Å². The van der Waals surface area contributed by atoms with Gasteiger partial charge in [0.25, 0.3) is 0 Å². The van der Waals surface area contributed by atoms with E-state index in [-0.39, 0.29) is 0 Å². The Bertz CT molecular complexity index is 388. The number of rotatable bonds is 7. The second kappa shape index (κ2) is 7.77. The lowest BCUT2D eigenvalue weighted by Crippen LogP contribution is -2.41. The lowest BCUT2D eigenvalue weighted by atomic mass is 9.76. The molecule has 1 aliphatic carbocycles. The van der Waals surface area contributed by atoms with Gasteiger partial charge in [-0.05, 0) is 37.6 Å². The van der Waals surface area contributed by atoms with Gasteiger partial charge in [-0.2, -0.15) is 5.10 Å². The summed E-state index contributed by atoms with van der Waals surface area (Å²) in [6.07, 6.45) is 10.8. The standard InChI is InChI=1S/C16H30N4/c1-4-9-17-15(11-16-18-12-19-20(16)3)14-8-6-7-13(5-2)10-14/h12-15,17H,4-11H2,1-3H3. The van der Waals surface area contributed by atoms with Crippen molar-refractivity contribution in [3.63, 3.8) is 0 Å². The van der Waals surface area contributed by atoms with Crippen LogP contribution >= 0.6 is 0 Å². The molecule has 2 rings (SSSR count). The molecular weight excluding hydrogens is 248 g/mol. The molecule has 0 amide bonds. The smallest absolute Gasteiger partial charge is 0.138 e. The SMILES string of the molecule is CCCNC(Cc1ncnn1C)C1CCCC(CC)C1. The van der Waals surface area contributed by atoms with Gasteiger partial charge in [-0.3, -0.25) is 4.68 Å². The molecule has 1 N–H and O–H groups in total. The molecule has 0 saturated heterocycles. The number of hydrogen-bond acceptors (Lipinski definition) is 3. The minimum absolute atomic E-state index is 0.562. The number of nitrogens with one attached hydrogen (secondary N) is 1. The predicted octanol–water partition coefficient (Wildman–Crippen LogP) is 2.94. The Balaban J connectivity index is 2.00. The van der Waals surface area contributed by atoms with Gasteiger partial charge in [-0.15, -0.1) is 0 Å². The van der Waals surface area contributed by atoms with Gasteiger partial charge >= 0.3 is 0 Å². The minimum atomic E-state index is 0.562. The fourth-order valence-electron chi connectivity index (χ4n) is 3.51. The molecule has 1 fully saturated rings. The zero-order valence-corrected chi connectivity index (χ0v) is 13.3. The van der Waals surface area contributed by atoms with Gasteiger partial charge in [0.15, 0.2) is 0 Å². The molecule has 20 heavy (non-hydrogen) atoms. The number of aromatic nitrogens is 3. The molecule has 1 heterocycles. The van der Waals surface area contributed by atoms with Crippen molar-refractivity contribution in [3.8, 4) is 0 Å². The molecule has 0 aliphatic heterocycles. The molecule has 1 aromatic rings. The number of hydrogen-bond donors (Lipinski definition) is 1. The maximum absolute atomic E-state index is 4.41. The molecule has 4 nitrogen and oxygen atoms in total. The normalized spacial score (nSPS) is 24.8. The van der Waals surface area contributed by atoms with Crippen LogP contribution < -0.4 is 5.32 Å². The molecule has 3 atom stereocenters. The van der Waals surface area contributed by atoms with Gasteiger partial charge in [0.2, 0.25) is 0 Å². The maximum atomic E-state index is 4.41. The first-order valence-electron chi connectivity index (χ1n) is 8.30. The zero-order valence-electron chi connectivity index (χ0n) is 13.3. The van der Waals surface area contributed by atoms with Crippen LogP contribution in [0.4, 0.5) is 0 Å². The molecule has 3 unspecified atom stereocenters. The van der Waals surface area contributed by atoms with Gasteiger partial charge in [0.1, 0.15) is 12.2 Å². The van der Waals surface area contributed by atoms with Crippen molar-refractivity contribution in [2.24, 2.45) is 18.9 Å². The molecule has 0 aromatic carbocycles. The largest absolute Gasteiger partial charge is 0.313 e. The summed E-state index contributed by atoms with van der Waals surface area (Å²) in [6, 6.07) is 0.562. The molecule has 0 spiro atoms. The van der Waals surface area contributed by atoms with Crippen LogP contribution in [0.15, 0.2) is 6.33 Å². The topological polar surface area (TPSA) is 42.7 Å². The minimum Gasteiger partial charge on any atom is -0.313 e. The highest BCUT2D eigenvalue weighted by Crippen LogP contribution is 2.33. The number of aryl methyl sites for hydroxylation is 1. The highest BCUT2D eigenvalue weighted by molar-refractivity contribution is 4.93. The second-order valence-corrected chi connectivity index (χ2v) is 6.27. The van der Waals surface area contributed by atoms with E-state index in [1.807, 2.05) is 11.7 Å². The molecule has 1 saturated carbocycles. The summed E-state index contributed by atoms with van der Waals surface area (Å²) in [5, 5.41) is 7.97. The van der Waals surface area contributed by atoms with Crippen molar-refractivity contribution in [2.45, 2.75) is 64.8 Å². The lowest BCUT2D eigenvalue weighted by Gasteiger charge is -2.34. The predicted molar refractivity (Wildman–Crippen MR) is 82.5 cm³/mol. The van der Waals surface area contributed by atoms with Crippen LogP contribution in [0, 0.1) is 11.8 Å². The third-order valence-corrected chi connectivity index (χ3v) is 4.83. The summed E-state index contributed by atoms with van der Waals surface area (Å²) in [4.78, 5) is 4.41. The Morgan fingerprint density at radius 2 is 2.25 bits per heavy atom. The molecule has 1 aliphatic rings. The Morgan fingerprint density at radius 3 is 2.90 bits per heavy atom. The second-order valence-electron chi connectivity index (χ2n) is 6.27. The fourth-order valence-corrected chi connectivity index (χ4v) is 3.51. The summed E-state index contributed by atoms with van der Waals surface area (Å²) in [5.74, 6) is 2.84. The van der Waals surface area contributed by atoms with Gasteiger partial charge in [-0.1, -0.05) is 33.1 Å². The van der Waals surface area contributed by atoms with Crippen LogP contribution in [0.3, 0.4) is 0 Å². The Labute approximate surface area is 123 Å². The third-order valence-electron chi connectivity index (χ3n) is 4.83. The van der Waals surface area contributed by atoms with Crippen LogP contribution in [0.2, 0.25) is 0 Å². The summed E-state index contributed by atoms with van der Waals surface area (Å²) < 4.78 is 1.92. The van der Waals surface area contributed by atoms with Crippen molar-refractivity contribution >= 4 is 0 Å². The summed E-state index contributed by atoms with van der Waals surface area (Å²) in [5.41, 5.74) is 0. The van der Waals surface area contributed by atoms with Crippen LogP contribution in [0.25, 0.3) is 0 Å². The maximum Gasteiger partial charge on any atom is 0.138 e. The van der Waals surface area contributed by atoms with E-state index in [0.29, 0.717) is 6.04 Å². The van der Waals surface area contributed by atoms with E-state index >= 15 is 0 Å². The lowest BCUT2D eigenvalue weighted by molar-refractivity contribution is 0.205. The first-order valence-corrected chi connectivity index (χ1v) is 8.30. The summed E-state index contributed by atoms with van der Waals surface area (Å²) in [6.45, 7) is 5.68. The third kappa shape index (κ3) is 4.05. The Kier molecular flexibility index (Phi) is 6.02. The molecular formula is C16H30N4. The van der Waals surface area contributed by atoms with Gasteiger partial charge in [0.05, 0.1) is 0 Å². The van der Waals surface area contributed by atoms with Crippen LogP contribution in [-0.4, -0.2) is 27.4 Å². The van der Waals surface area contributed by atoms with E-state index in [0.717, 1.165) is 30.6 Å². The van der Waals surface area contributed by atoms with Crippen molar-refractivity contribution in [1.82, 2.24) is 20.1 Å². The van der Waals surface area contributed by atoms with Gasteiger partial charge < -0.3 is 5.32 Å². The summed E-state index contributed by atoms with van der Waals surface area (Å²) in [7, 11) is 1.99. The Morgan fingerprint density at radius 1 is 1.40 bits per heavy atom. The average molecular weight is 278 g/mol. The highest BCUT2D eigenvalue weighted by Gasteiger charge is 2.28. The average Bonchev–Trinajstić information content (AvgIpc) is 2.88. The first-order chi connectivity index (χ1) is 9.74. The van der Waals surface area contributed by atoms with E-state index in [2.05, 4.69) is 29.2 Å². The van der Waals surface area contributed by atoms with Crippen LogP contribution in [-0.2, 0) is 13.5 Å². The molecule has 0 radical (unpaired) electrons. The molecule has 0 bridgehead atoms. The summed E-state index contributed by atoms with van der Waals surface area (Å²) >= 11 is 0. The van der Waals surface area contributed by atoms with Gasteiger partial charge in [-0.25, -0.2) is 4.98 Å². The molecule has 114 valence electrons. The van der Waals surface area contributed by atoms with Crippen molar-refractivity contribution in [1.29, 1.82) is 0 Å². The van der Waals surface area contributed by atoms with E-state index in [1.165, 1.54) is 38.5 Å². The van der Waals surface area contributed by atoms with Crippen molar-refractivity contribution < 1.29 is 0 Å². The van der Waals surface area contributed by atoms with E-state index in [4.69, 9.17) is 0 Å². The quantitative estimate of drug-likeness (QED) is 0.834. The first kappa shape index (κ1) is 15.5. The highest BCUT2D eigenvalue weighted by atomic mass is 15.3. The monoisotopic (exact) mass is 278 g/mol. The van der Waals surface area contributed by atoms with E-state index in [9.17, 15) is 0 Å². The fraction of sp³-hybridized carbons (Fsp3) is 0.875. The van der Waals surface area contributed by atoms with Crippen molar-refractivity contribution in [2.75, 3.05) is 6.54 Å². The number of nitrogens with zero attached hydrogens (tertiary/aromatic N) is 3. The van der Waals surface area contributed by atoms with E-state index < -0.39 is 0 Å². The molecule has 4 heteroatoms.